The Bertz CT molecular complexity index is 973. The summed E-state index contributed by atoms with van der Waals surface area (Å²) in [4.78, 5) is 27.6. The van der Waals surface area contributed by atoms with Crippen LogP contribution in [0.15, 0.2) is 42.7 Å². The van der Waals surface area contributed by atoms with Gasteiger partial charge in [-0.1, -0.05) is 25.1 Å². The van der Waals surface area contributed by atoms with E-state index in [1.165, 1.54) is 7.11 Å². The van der Waals surface area contributed by atoms with Gasteiger partial charge >= 0.3 is 5.97 Å². The summed E-state index contributed by atoms with van der Waals surface area (Å²) in [6.45, 7) is 4.14. The number of carbonyl (C=O) groups is 2. The van der Waals surface area contributed by atoms with Crippen molar-refractivity contribution in [3.63, 3.8) is 0 Å². The van der Waals surface area contributed by atoms with E-state index in [0.717, 1.165) is 11.3 Å². The van der Waals surface area contributed by atoms with E-state index < -0.39 is 5.97 Å². The van der Waals surface area contributed by atoms with Crippen molar-refractivity contribution >= 4 is 11.9 Å². The molecule has 0 bridgehead atoms. The minimum Gasteiger partial charge on any atom is -0.465 e. The second-order valence-electron chi connectivity index (χ2n) is 6.46. The van der Waals surface area contributed by atoms with Gasteiger partial charge in [-0.25, -0.2) is 9.48 Å². The number of esters is 1. The predicted molar refractivity (Wildman–Crippen MR) is 106 cm³/mol. The van der Waals surface area contributed by atoms with E-state index in [2.05, 4.69) is 15.4 Å². The molecule has 3 aromatic rings. The molecule has 2 heterocycles. The van der Waals surface area contributed by atoms with Crippen LogP contribution in [0, 0.1) is 6.92 Å². The van der Waals surface area contributed by atoms with E-state index in [0.29, 0.717) is 41.9 Å². The van der Waals surface area contributed by atoms with Gasteiger partial charge in [-0.05, 0) is 43.0 Å². The zero-order chi connectivity index (χ0) is 20.1. The minimum absolute atomic E-state index is 0.238. The molecule has 2 N–H and O–H groups in total. The van der Waals surface area contributed by atoms with Crippen molar-refractivity contribution < 1.29 is 14.3 Å². The first-order chi connectivity index (χ1) is 13.5. The van der Waals surface area contributed by atoms with E-state index in [-0.39, 0.29) is 5.91 Å². The summed E-state index contributed by atoms with van der Waals surface area (Å²) in [5, 5.41) is 7.26. The van der Waals surface area contributed by atoms with Crippen molar-refractivity contribution in [1.82, 2.24) is 20.1 Å². The molecule has 0 radical (unpaired) electrons. The Balaban J connectivity index is 1.63. The maximum Gasteiger partial charge on any atom is 0.339 e. The number of aromatic nitrogens is 3. The molecule has 0 saturated carbocycles. The molecule has 28 heavy (non-hydrogen) atoms. The highest BCUT2D eigenvalue weighted by atomic mass is 16.5. The van der Waals surface area contributed by atoms with Gasteiger partial charge in [0.05, 0.1) is 24.6 Å². The van der Waals surface area contributed by atoms with E-state index in [9.17, 15) is 9.59 Å². The second kappa shape index (κ2) is 8.56. The van der Waals surface area contributed by atoms with Crippen molar-refractivity contribution in [1.29, 1.82) is 0 Å². The molecule has 1 aromatic carbocycles. The Hall–Kier alpha value is -3.35. The molecule has 0 atom stereocenters. The van der Waals surface area contributed by atoms with E-state index >= 15 is 0 Å². The maximum absolute atomic E-state index is 12.6. The predicted octanol–water partition coefficient (Wildman–Crippen LogP) is 2.83. The second-order valence-corrected chi connectivity index (χ2v) is 6.46. The number of H-pyrrole nitrogens is 1. The van der Waals surface area contributed by atoms with Gasteiger partial charge in [0.1, 0.15) is 5.69 Å². The lowest BCUT2D eigenvalue weighted by Gasteiger charge is -2.04. The molecule has 3 rings (SSSR count). The zero-order valence-corrected chi connectivity index (χ0v) is 16.3. The number of methoxy groups -OCH3 is 1. The molecule has 146 valence electrons. The number of aryl methyl sites for hydroxylation is 1. The third kappa shape index (κ3) is 3.98. The summed E-state index contributed by atoms with van der Waals surface area (Å²) in [5.41, 5.74) is 4.17. The molecule has 0 fully saturated rings. The summed E-state index contributed by atoms with van der Waals surface area (Å²) in [5.74, 6) is -0.671. The van der Waals surface area contributed by atoms with Crippen LogP contribution in [0.2, 0.25) is 0 Å². The summed E-state index contributed by atoms with van der Waals surface area (Å²) < 4.78 is 6.64. The molecule has 7 nitrogen and oxygen atoms in total. The van der Waals surface area contributed by atoms with Gasteiger partial charge in [0, 0.05) is 18.4 Å². The molecule has 2 aromatic heterocycles. The molecule has 0 aliphatic carbocycles. The van der Waals surface area contributed by atoms with Gasteiger partial charge in [-0.15, -0.1) is 0 Å². The SMILES string of the molecule is CCc1[nH]c(C(=O)NCCc2cnn(-c3ccccc3)c2)c(C)c1C(=O)OC. The highest BCUT2D eigenvalue weighted by molar-refractivity contribution is 6.00. The first-order valence-electron chi connectivity index (χ1n) is 9.22. The van der Waals surface area contributed by atoms with Gasteiger partial charge in [-0.2, -0.15) is 5.10 Å². The van der Waals surface area contributed by atoms with Crippen molar-refractivity contribution in [2.24, 2.45) is 0 Å². The molecule has 0 spiro atoms. The maximum atomic E-state index is 12.6. The number of nitrogens with one attached hydrogen (secondary N) is 2. The number of hydrogen-bond acceptors (Lipinski definition) is 4. The Kier molecular flexibility index (Phi) is 5.93. The zero-order valence-electron chi connectivity index (χ0n) is 16.3. The average molecular weight is 380 g/mol. The summed E-state index contributed by atoms with van der Waals surface area (Å²) in [6.07, 6.45) is 5.01. The summed E-state index contributed by atoms with van der Waals surface area (Å²) >= 11 is 0. The van der Waals surface area contributed by atoms with Gasteiger partial charge in [-0.3, -0.25) is 4.79 Å². The molecular formula is C21H24N4O3. The fourth-order valence-corrected chi connectivity index (χ4v) is 3.15. The third-order valence-corrected chi connectivity index (χ3v) is 4.65. The molecule has 1 amide bonds. The van der Waals surface area contributed by atoms with E-state index in [4.69, 9.17) is 4.74 Å². The Labute approximate surface area is 163 Å². The number of carbonyl (C=O) groups excluding carboxylic acids is 2. The quantitative estimate of drug-likeness (QED) is 0.617. The number of hydrogen-bond donors (Lipinski definition) is 2. The van der Waals surface area contributed by atoms with Crippen molar-refractivity contribution in [2.75, 3.05) is 13.7 Å². The first kappa shape index (κ1) is 19.4. The van der Waals surface area contributed by atoms with Crippen molar-refractivity contribution in [2.45, 2.75) is 26.7 Å². The van der Waals surface area contributed by atoms with Crippen LogP contribution < -0.4 is 5.32 Å². The molecule has 0 unspecified atom stereocenters. The summed E-state index contributed by atoms with van der Waals surface area (Å²) in [7, 11) is 1.34. The highest BCUT2D eigenvalue weighted by Gasteiger charge is 2.23. The molecule has 7 heteroatoms. The highest BCUT2D eigenvalue weighted by Crippen LogP contribution is 2.20. The number of para-hydroxylation sites is 1. The lowest BCUT2D eigenvalue weighted by Crippen LogP contribution is -2.26. The number of aromatic amines is 1. The van der Waals surface area contributed by atoms with Gasteiger partial charge in [0.15, 0.2) is 0 Å². The first-order valence-corrected chi connectivity index (χ1v) is 9.22. The van der Waals surface area contributed by atoms with Crippen LogP contribution in [-0.4, -0.2) is 40.3 Å². The van der Waals surface area contributed by atoms with Crippen molar-refractivity contribution in [3.8, 4) is 5.69 Å². The number of rotatable bonds is 7. The standard InChI is InChI=1S/C21H24N4O3/c1-4-17-18(21(27)28-3)14(2)19(24-17)20(26)22-11-10-15-12-23-25(13-15)16-8-6-5-7-9-16/h5-9,12-13,24H,4,10-11H2,1-3H3,(H,22,26). The third-order valence-electron chi connectivity index (χ3n) is 4.65. The Morgan fingerprint density at radius 2 is 2.00 bits per heavy atom. The van der Waals surface area contributed by atoms with Crippen LogP contribution in [0.4, 0.5) is 0 Å². The van der Waals surface area contributed by atoms with Crippen LogP contribution in [0.5, 0.6) is 0 Å². The average Bonchev–Trinajstić information content (AvgIpc) is 3.32. The van der Waals surface area contributed by atoms with Gasteiger partial charge in [0.2, 0.25) is 0 Å². The van der Waals surface area contributed by atoms with Crippen molar-refractivity contribution in [3.05, 3.63) is 70.8 Å². The number of benzene rings is 1. The van der Waals surface area contributed by atoms with E-state index in [1.807, 2.05) is 48.1 Å². The smallest absolute Gasteiger partial charge is 0.339 e. The fourth-order valence-electron chi connectivity index (χ4n) is 3.15. The fraction of sp³-hybridized carbons (Fsp3) is 0.286. The minimum atomic E-state index is -0.432. The number of nitrogens with zero attached hydrogens (tertiary/aromatic N) is 2. The van der Waals surface area contributed by atoms with E-state index in [1.54, 1.807) is 13.1 Å². The number of amides is 1. The Morgan fingerprint density at radius 3 is 2.68 bits per heavy atom. The van der Waals surface area contributed by atoms with Crippen LogP contribution >= 0.6 is 0 Å². The largest absolute Gasteiger partial charge is 0.465 e. The Morgan fingerprint density at radius 1 is 1.25 bits per heavy atom. The lowest BCUT2D eigenvalue weighted by atomic mass is 10.1. The van der Waals surface area contributed by atoms with Gasteiger partial charge < -0.3 is 15.0 Å². The van der Waals surface area contributed by atoms with Crippen LogP contribution in [0.1, 0.15) is 44.6 Å². The molecular weight excluding hydrogens is 356 g/mol. The summed E-state index contributed by atoms with van der Waals surface area (Å²) in [6, 6.07) is 9.85. The topological polar surface area (TPSA) is 89.0 Å². The van der Waals surface area contributed by atoms with Gasteiger partial charge in [0.25, 0.3) is 5.91 Å². The van der Waals surface area contributed by atoms with Crippen LogP contribution in [0.25, 0.3) is 5.69 Å². The molecule has 0 saturated heterocycles. The van der Waals surface area contributed by atoms with Crippen LogP contribution in [0.3, 0.4) is 0 Å². The van der Waals surface area contributed by atoms with Crippen LogP contribution in [-0.2, 0) is 17.6 Å². The normalized spacial score (nSPS) is 10.7. The number of ether oxygens (including phenoxy) is 1. The lowest BCUT2D eigenvalue weighted by molar-refractivity contribution is 0.0599. The monoisotopic (exact) mass is 380 g/mol. The molecule has 0 aliphatic heterocycles. The molecule has 0 aliphatic rings.